The molecule has 1 heterocycles. The van der Waals surface area contributed by atoms with E-state index in [0.29, 0.717) is 16.1 Å². The number of benzene rings is 2. The third-order valence-electron chi connectivity index (χ3n) is 4.25. The standard InChI is InChI=1S/C21H24N4O3S4/c1-14(2)30-21-24-23-20(31-21)22-19(26)13-25(16-7-5-15(3)6-8-16)32(27,28)18-11-9-17(29-4)10-12-18/h5-12,14H,13H2,1-4H3,(H,22,23,26). The van der Waals surface area contributed by atoms with Crippen molar-refractivity contribution in [3.63, 3.8) is 0 Å². The molecule has 0 aliphatic heterocycles. The van der Waals surface area contributed by atoms with Gasteiger partial charge in [0.15, 0.2) is 4.34 Å². The minimum Gasteiger partial charge on any atom is -0.299 e. The Balaban J connectivity index is 1.86. The second-order valence-electron chi connectivity index (χ2n) is 7.11. The van der Waals surface area contributed by atoms with Crippen LogP contribution in [0.15, 0.2) is 62.7 Å². The number of hydrogen-bond donors (Lipinski definition) is 1. The van der Waals surface area contributed by atoms with E-state index in [1.54, 1.807) is 48.2 Å². The number of nitrogens with one attached hydrogen (secondary N) is 1. The van der Waals surface area contributed by atoms with Crippen LogP contribution in [0, 0.1) is 6.92 Å². The van der Waals surface area contributed by atoms with Crippen molar-refractivity contribution in [2.24, 2.45) is 0 Å². The van der Waals surface area contributed by atoms with Crippen molar-refractivity contribution in [3.05, 3.63) is 54.1 Å². The van der Waals surface area contributed by atoms with Crippen LogP contribution in [0.5, 0.6) is 0 Å². The number of carbonyl (C=O) groups excluding carboxylic acids is 1. The molecule has 0 atom stereocenters. The van der Waals surface area contributed by atoms with E-state index >= 15 is 0 Å². The van der Waals surface area contributed by atoms with Gasteiger partial charge in [-0.3, -0.25) is 14.4 Å². The maximum absolute atomic E-state index is 13.4. The molecule has 0 radical (unpaired) electrons. The fourth-order valence-corrected chi connectivity index (χ4v) is 6.52. The number of aromatic nitrogens is 2. The lowest BCUT2D eigenvalue weighted by molar-refractivity contribution is -0.114. The molecule has 0 aliphatic carbocycles. The Bertz CT molecular complexity index is 1160. The summed E-state index contributed by atoms with van der Waals surface area (Å²) in [5, 5.41) is 11.4. The van der Waals surface area contributed by atoms with Gasteiger partial charge in [-0.05, 0) is 49.6 Å². The maximum atomic E-state index is 13.4. The predicted octanol–water partition coefficient (Wildman–Crippen LogP) is 4.90. The maximum Gasteiger partial charge on any atom is 0.264 e. The molecule has 3 rings (SSSR count). The van der Waals surface area contributed by atoms with Gasteiger partial charge in [-0.15, -0.1) is 22.0 Å². The molecular weight excluding hydrogens is 485 g/mol. The predicted molar refractivity (Wildman–Crippen MR) is 133 cm³/mol. The molecule has 0 bridgehead atoms. The summed E-state index contributed by atoms with van der Waals surface area (Å²) in [6, 6.07) is 13.6. The third kappa shape index (κ3) is 6.25. The number of anilines is 2. The van der Waals surface area contributed by atoms with Gasteiger partial charge in [0.2, 0.25) is 11.0 Å². The van der Waals surface area contributed by atoms with E-state index in [1.165, 1.54) is 23.1 Å². The van der Waals surface area contributed by atoms with E-state index in [9.17, 15) is 13.2 Å². The monoisotopic (exact) mass is 508 g/mol. The van der Waals surface area contributed by atoms with Crippen LogP contribution in [0.2, 0.25) is 0 Å². The zero-order valence-electron chi connectivity index (χ0n) is 18.1. The molecule has 0 aliphatic rings. The van der Waals surface area contributed by atoms with Crippen molar-refractivity contribution in [2.75, 3.05) is 22.4 Å². The van der Waals surface area contributed by atoms with Crippen molar-refractivity contribution in [3.8, 4) is 0 Å². The average molecular weight is 509 g/mol. The van der Waals surface area contributed by atoms with Crippen LogP contribution < -0.4 is 9.62 Å². The van der Waals surface area contributed by atoms with E-state index in [4.69, 9.17) is 0 Å². The number of aryl methyl sites for hydroxylation is 1. The van der Waals surface area contributed by atoms with E-state index in [0.717, 1.165) is 19.1 Å². The molecule has 7 nitrogen and oxygen atoms in total. The summed E-state index contributed by atoms with van der Waals surface area (Å²) in [6.45, 7) is 5.61. The van der Waals surface area contributed by atoms with Crippen molar-refractivity contribution in [2.45, 2.75) is 40.2 Å². The molecule has 0 spiro atoms. The molecule has 3 aromatic rings. The number of rotatable bonds is 9. The third-order valence-corrected chi connectivity index (χ3v) is 8.70. The second kappa shape index (κ2) is 10.7. The fourth-order valence-electron chi connectivity index (χ4n) is 2.70. The second-order valence-corrected chi connectivity index (χ2v) is 12.7. The molecule has 1 N–H and O–H groups in total. The first-order valence-electron chi connectivity index (χ1n) is 9.72. The molecule has 1 aromatic heterocycles. The first-order valence-corrected chi connectivity index (χ1v) is 14.1. The number of thioether (sulfide) groups is 2. The highest BCUT2D eigenvalue weighted by molar-refractivity contribution is 8.01. The first kappa shape index (κ1) is 24.6. The highest BCUT2D eigenvalue weighted by Gasteiger charge is 2.27. The van der Waals surface area contributed by atoms with Crippen LogP contribution in [0.25, 0.3) is 0 Å². The summed E-state index contributed by atoms with van der Waals surface area (Å²) in [5.41, 5.74) is 1.40. The number of nitrogens with zero attached hydrogens (tertiary/aromatic N) is 3. The average Bonchev–Trinajstić information content (AvgIpc) is 3.18. The Morgan fingerprint density at radius 3 is 2.34 bits per heavy atom. The lowest BCUT2D eigenvalue weighted by Gasteiger charge is -2.24. The van der Waals surface area contributed by atoms with E-state index in [2.05, 4.69) is 15.5 Å². The zero-order valence-corrected chi connectivity index (χ0v) is 21.4. The van der Waals surface area contributed by atoms with Gasteiger partial charge in [-0.25, -0.2) is 8.42 Å². The quantitative estimate of drug-likeness (QED) is 0.324. The molecule has 0 saturated carbocycles. The van der Waals surface area contributed by atoms with Crippen LogP contribution in [-0.4, -0.2) is 42.6 Å². The van der Waals surface area contributed by atoms with Crippen LogP contribution in [0.4, 0.5) is 10.8 Å². The van der Waals surface area contributed by atoms with Crippen LogP contribution in [0.1, 0.15) is 19.4 Å². The largest absolute Gasteiger partial charge is 0.299 e. The van der Waals surface area contributed by atoms with Crippen molar-refractivity contribution < 1.29 is 13.2 Å². The molecule has 0 saturated heterocycles. The molecule has 0 unspecified atom stereocenters. The summed E-state index contributed by atoms with van der Waals surface area (Å²) in [5.74, 6) is -0.493. The zero-order chi connectivity index (χ0) is 23.3. The van der Waals surface area contributed by atoms with Gasteiger partial charge in [0.05, 0.1) is 10.6 Å². The van der Waals surface area contributed by atoms with Crippen LogP contribution >= 0.6 is 34.9 Å². The Hall–Kier alpha value is -2.08. The number of carbonyl (C=O) groups is 1. The van der Waals surface area contributed by atoms with Crippen molar-refractivity contribution in [1.82, 2.24) is 10.2 Å². The number of amides is 1. The first-order chi connectivity index (χ1) is 15.2. The highest BCUT2D eigenvalue weighted by Crippen LogP contribution is 2.29. The van der Waals surface area contributed by atoms with Crippen molar-refractivity contribution >= 4 is 61.6 Å². The molecule has 0 fully saturated rings. The van der Waals surface area contributed by atoms with E-state index in [-0.39, 0.29) is 11.4 Å². The summed E-state index contributed by atoms with van der Waals surface area (Å²) >= 11 is 4.34. The van der Waals surface area contributed by atoms with Crippen LogP contribution in [0.3, 0.4) is 0 Å². The SMILES string of the molecule is CSc1ccc(S(=O)(=O)N(CC(=O)Nc2nnc(SC(C)C)s2)c2ccc(C)cc2)cc1. The number of hydrogen-bond acceptors (Lipinski definition) is 8. The Morgan fingerprint density at radius 2 is 1.75 bits per heavy atom. The van der Waals surface area contributed by atoms with Gasteiger partial charge in [0, 0.05) is 10.1 Å². The summed E-state index contributed by atoms with van der Waals surface area (Å²) in [7, 11) is -3.96. The molecule has 1 amide bonds. The van der Waals surface area contributed by atoms with Gasteiger partial charge in [0.1, 0.15) is 6.54 Å². The van der Waals surface area contributed by atoms with Gasteiger partial charge < -0.3 is 0 Å². The normalized spacial score (nSPS) is 11.5. The van der Waals surface area contributed by atoms with E-state index < -0.39 is 15.9 Å². The van der Waals surface area contributed by atoms with Gasteiger partial charge in [-0.2, -0.15) is 0 Å². The van der Waals surface area contributed by atoms with Gasteiger partial charge >= 0.3 is 0 Å². The Labute approximate surface area is 201 Å². The molecule has 11 heteroatoms. The van der Waals surface area contributed by atoms with Crippen LogP contribution in [-0.2, 0) is 14.8 Å². The summed E-state index contributed by atoms with van der Waals surface area (Å²) in [6.07, 6.45) is 1.92. The summed E-state index contributed by atoms with van der Waals surface area (Å²) < 4.78 is 28.7. The smallest absolute Gasteiger partial charge is 0.264 e. The minimum atomic E-state index is -3.96. The Kier molecular flexibility index (Phi) is 8.21. The fraction of sp³-hybridized carbons (Fsp3) is 0.286. The minimum absolute atomic E-state index is 0.121. The van der Waals surface area contributed by atoms with Gasteiger partial charge in [0.25, 0.3) is 10.0 Å². The highest BCUT2D eigenvalue weighted by atomic mass is 32.2. The van der Waals surface area contributed by atoms with Crippen molar-refractivity contribution in [1.29, 1.82) is 0 Å². The lowest BCUT2D eigenvalue weighted by atomic mass is 10.2. The summed E-state index contributed by atoms with van der Waals surface area (Å²) in [4.78, 5) is 13.9. The molecule has 170 valence electrons. The molecular formula is C21H24N4O3S4. The molecule has 2 aromatic carbocycles. The topological polar surface area (TPSA) is 92.3 Å². The van der Waals surface area contributed by atoms with Gasteiger partial charge in [-0.1, -0.05) is 54.6 Å². The lowest BCUT2D eigenvalue weighted by Crippen LogP contribution is -2.38. The number of sulfonamides is 1. The Morgan fingerprint density at radius 1 is 1.09 bits per heavy atom. The molecule has 32 heavy (non-hydrogen) atoms. The van der Waals surface area contributed by atoms with E-state index in [1.807, 2.05) is 39.2 Å².